The van der Waals surface area contributed by atoms with Gasteiger partial charge >= 0.3 is 0 Å². The normalized spacial score (nSPS) is 22.9. The van der Waals surface area contributed by atoms with Crippen LogP contribution in [0.4, 0.5) is 0 Å². The van der Waals surface area contributed by atoms with Gasteiger partial charge in [-0.2, -0.15) is 0 Å². The molecule has 1 aromatic carbocycles. The molecule has 0 aliphatic carbocycles. The van der Waals surface area contributed by atoms with Crippen molar-refractivity contribution < 1.29 is 17.9 Å². The van der Waals surface area contributed by atoms with E-state index in [-0.39, 0.29) is 17.7 Å². The first-order chi connectivity index (χ1) is 13.0. The Bertz CT molecular complexity index is 726. The van der Waals surface area contributed by atoms with Crippen LogP contribution in [0.25, 0.3) is 0 Å². The number of carbonyl (C=O) groups is 1. The van der Waals surface area contributed by atoms with Gasteiger partial charge in [-0.3, -0.25) is 9.69 Å². The van der Waals surface area contributed by atoms with E-state index < -0.39 is 10.0 Å². The number of benzene rings is 1. The fourth-order valence-corrected chi connectivity index (χ4v) is 5.43. The average Bonchev–Trinajstić information content (AvgIpc) is 2.85. The number of hydrogen-bond donors (Lipinski definition) is 0. The Balaban J connectivity index is 1.58. The lowest BCUT2D eigenvalue weighted by Gasteiger charge is -2.26. The molecule has 8 heteroatoms. The quantitative estimate of drug-likeness (QED) is 0.682. The van der Waals surface area contributed by atoms with Crippen molar-refractivity contribution in [3.05, 3.63) is 35.9 Å². The van der Waals surface area contributed by atoms with Gasteiger partial charge in [-0.25, -0.2) is 12.7 Å². The van der Waals surface area contributed by atoms with Crippen molar-refractivity contribution in [3.63, 3.8) is 0 Å². The Kier molecular flexibility index (Phi) is 6.86. The van der Waals surface area contributed by atoms with Crippen LogP contribution in [0.15, 0.2) is 30.3 Å². The Hall–Kier alpha value is -1.48. The van der Waals surface area contributed by atoms with Crippen LogP contribution in [-0.4, -0.2) is 87.5 Å². The number of sulfonamides is 1. The smallest absolute Gasteiger partial charge is 0.240 e. The van der Waals surface area contributed by atoms with Crippen molar-refractivity contribution >= 4 is 15.9 Å². The van der Waals surface area contributed by atoms with Crippen LogP contribution in [0.3, 0.4) is 0 Å². The maximum Gasteiger partial charge on any atom is 0.240 e. The molecule has 7 nitrogen and oxygen atoms in total. The number of nitrogens with zero attached hydrogens (tertiary/aromatic N) is 3. The van der Waals surface area contributed by atoms with Crippen molar-refractivity contribution in [2.24, 2.45) is 0 Å². The van der Waals surface area contributed by atoms with Gasteiger partial charge in [0.2, 0.25) is 15.9 Å². The maximum atomic E-state index is 12.8. The van der Waals surface area contributed by atoms with E-state index in [1.54, 1.807) is 11.4 Å². The molecule has 27 heavy (non-hydrogen) atoms. The fourth-order valence-electron chi connectivity index (χ4n) is 3.86. The second-order valence-electron chi connectivity index (χ2n) is 7.15. The summed E-state index contributed by atoms with van der Waals surface area (Å²) >= 11 is 0. The van der Waals surface area contributed by atoms with E-state index in [0.29, 0.717) is 32.8 Å². The molecule has 1 atom stereocenters. The van der Waals surface area contributed by atoms with Crippen molar-refractivity contribution in [2.75, 3.05) is 53.0 Å². The van der Waals surface area contributed by atoms with Crippen LogP contribution in [0.1, 0.15) is 18.4 Å². The second-order valence-corrected chi connectivity index (χ2v) is 9.12. The Morgan fingerprint density at radius 3 is 2.59 bits per heavy atom. The first-order valence-electron chi connectivity index (χ1n) is 9.55. The predicted molar refractivity (Wildman–Crippen MR) is 104 cm³/mol. The van der Waals surface area contributed by atoms with Crippen molar-refractivity contribution in [1.29, 1.82) is 0 Å². The third kappa shape index (κ3) is 5.07. The van der Waals surface area contributed by atoms with Gasteiger partial charge in [0.25, 0.3) is 0 Å². The molecule has 1 aromatic rings. The molecule has 2 heterocycles. The summed E-state index contributed by atoms with van der Waals surface area (Å²) < 4.78 is 32.2. The fraction of sp³-hybridized carbons (Fsp3) is 0.632. The standard InChI is InChI=1S/C19H29N3O4S/c1-26-15-14-21-11-8-18(19(21)23)20-9-5-10-22(13-12-20)27(24,25)16-17-6-3-2-4-7-17/h2-4,6-7,18H,5,8-16H2,1H3/t18-/m0/s1. The first kappa shape index (κ1) is 20.3. The van der Waals surface area contributed by atoms with E-state index in [0.717, 1.165) is 31.5 Å². The molecule has 2 saturated heterocycles. The molecule has 3 rings (SSSR count). The minimum atomic E-state index is -3.35. The van der Waals surface area contributed by atoms with Gasteiger partial charge in [-0.05, 0) is 18.4 Å². The van der Waals surface area contributed by atoms with Crippen molar-refractivity contribution in [2.45, 2.75) is 24.6 Å². The summed E-state index contributed by atoms with van der Waals surface area (Å²) in [5, 5.41) is 0. The van der Waals surface area contributed by atoms with E-state index in [2.05, 4.69) is 4.90 Å². The van der Waals surface area contributed by atoms with E-state index in [9.17, 15) is 13.2 Å². The molecule has 0 N–H and O–H groups in total. The lowest BCUT2D eigenvalue weighted by molar-refractivity contribution is -0.132. The summed E-state index contributed by atoms with van der Waals surface area (Å²) in [5.74, 6) is 0.175. The van der Waals surface area contributed by atoms with Crippen molar-refractivity contribution in [1.82, 2.24) is 14.1 Å². The lowest BCUT2D eigenvalue weighted by atomic mass is 10.2. The van der Waals surface area contributed by atoms with Gasteiger partial charge in [-0.15, -0.1) is 0 Å². The number of likely N-dealkylation sites (tertiary alicyclic amines) is 1. The zero-order chi connectivity index (χ0) is 19.3. The van der Waals surface area contributed by atoms with Gasteiger partial charge in [0.05, 0.1) is 18.4 Å². The average molecular weight is 396 g/mol. The number of amides is 1. The minimum absolute atomic E-state index is 0.0288. The number of hydrogen-bond acceptors (Lipinski definition) is 5. The Labute approximate surface area is 161 Å². The van der Waals surface area contributed by atoms with Crippen molar-refractivity contribution in [3.8, 4) is 0 Å². The highest BCUT2D eigenvalue weighted by atomic mass is 32.2. The SMILES string of the molecule is COCCN1CC[C@H](N2CCCN(S(=O)(=O)Cc3ccccc3)CC2)C1=O. The van der Waals surface area contributed by atoms with Gasteiger partial charge in [0.1, 0.15) is 0 Å². The summed E-state index contributed by atoms with van der Waals surface area (Å²) in [6.45, 7) is 4.23. The van der Waals surface area contributed by atoms with Crippen LogP contribution in [-0.2, 0) is 25.3 Å². The molecule has 0 unspecified atom stereocenters. The number of carbonyl (C=O) groups excluding carboxylic acids is 1. The third-order valence-corrected chi connectivity index (χ3v) is 7.20. The molecule has 150 valence electrons. The summed E-state index contributed by atoms with van der Waals surface area (Å²) in [6.07, 6.45) is 1.55. The summed E-state index contributed by atoms with van der Waals surface area (Å²) in [6, 6.07) is 9.15. The molecule has 0 spiro atoms. The lowest BCUT2D eigenvalue weighted by Crippen LogP contribution is -2.44. The highest BCUT2D eigenvalue weighted by Crippen LogP contribution is 2.20. The topological polar surface area (TPSA) is 70.2 Å². The predicted octanol–water partition coefficient (Wildman–Crippen LogP) is 0.771. The Morgan fingerprint density at radius 1 is 1.07 bits per heavy atom. The van der Waals surface area contributed by atoms with Crippen LogP contribution in [0.5, 0.6) is 0 Å². The molecular formula is C19H29N3O4S. The molecule has 2 aliphatic heterocycles. The largest absolute Gasteiger partial charge is 0.383 e. The van der Waals surface area contributed by atoms with Gasteiger partial charge in [0.15, 0.2) is 0 Å². The molecule has 0 radical (unpaired) electrons. The maximum absolute atomic E-state index is 12.8. The van der Waals surface area contributed by atoms with Crippen LogP contribution >= 0.6 is 0 Å². The van der Waals surface area contributed by atoms with E-state index >= 15 is 0 Å². The molecular weight excluding hydrogens is 366 g/mol. The zero-order valence-corrected chi connectivity index (χ0v) is 16.7. The second kappa shape index (κ2) is 9.14. The number of rotatable bonds is 7. The van der Waals surface area contributed by atoms with E-state index in [4.69, 9.17) is 4.74 Å². The van der Waals surface area contributed by atoms with Crippen LogP contribution in [0, 0.1) is 0 Å². The van der Waals surface area contributed by atoms with E-state index in [1.807, 2.05) is 35.2 Å². The minimum Gasteiger partial charge on any atom is -0.383 e. The first-order valence-corrected chi connectivity index (χ1v) is 11.2. The zero-order valence-electron chi connectivity index (χ0n) is 15.9. The number of ether oxygens (including phenoxy) is 1. The molecule has 0 aromatic heterocycles. The highest BCUT2D eigenvalue weighted by molar-refractivity contribution is 7.88. The summed E-state index contributed by atoms with van der Waals surface area (Å²) in [5.41, 5.74) is 0.804. The van der Waals surface area contributed by atoms with E-state index in [1.165, 1.54) is 0 Å². The summed E-state index contributed by atoms with van der Waals surface area (Å²) in [7, 11) is -1.71. The summed E-state index contributed by atoms with van der Waals surface area (Å²) in [4.78, 5) is 16.6. The molecule has 0 saturated carbocycles. The van der Waals surface area contributed by atoms with Gasteiger partial charge in [-0.1, -0.05) is 30.3 Å². The van der Waals surface area contributed by atoms with Crippen LogP contribution in [0.2, 0.25) is 0 Å². The van der Waals surface area contributed by atoms with Gasteiger partial charge in [0, 0.05) is 46.4 Å². The Morgan fingerprint density at radius 2 is 1.85 bits per heavy atom. The molecule has 0 bridgehead atoms. The third-order valence-electron chi connectivity index (χ3n) is 5.35. The molecule has 2 fully saturated rings. The molecule has 2 aliphatic rings. The van der Waals surface area contributed by atoms with Gasteiger partial charge < -0.3 is 9.64 Å². The monoisotopic (exact) mass is 395 g/mol. The van der Waals surface area contributed by atoms with Crippen LogP contribution < -0.4 is 0 Å². The number of methoxy groups -OCH3 is 1. The molecule has 1 amide bonds. The highest BCUT2D eigenvalue weighted by Gasteiger charge is 2.37.